The number of carbonyl (C=O) groups is 1. The fourth-order valence-electron chi connectivity index (χ4n) is 3.47. The van der Waals surface area contributed by atoms with Gasteiger partial charge in [-0.05, 0) is 64.8 Å². The van der Waals surface area contributed by atoms with Gasteiger partial charge in [0.2, 0.25) is 0 Å². The van der Waals surface area contributed by atoms with Crippen LogP contribution in [0.5, 0.6) is 0 Å². The normalized spacial score (nSPS) is 16.5. The average Bonchev–Trinajstić information content (AvgIpc) is 3.19. The molecule has 1 aliphatic rings. The standard InChI is InChI=1S/C22H27NO2S/c1-14(23-25-20(24)19-8-7-11-26-19)17-12-15(21(2,3)4)13-18-16(17)9-10-22(18,5)6/h7-8,11-13H,9-10H2,1-6H3/b23-14-. The van der Waals surface area contributed by atoms with Gasteiger partial charge in [0, 0.05) is 5.56 Å². The van der Waals surface area contributed by atoms with Crippen molar-refractivity contribution in [3.63, 3.8) is 0 Å². The summed E-state index contributed by atoms with van der Waals surface area (Å²) in [5.74, 6) is -0.400. The maximum Gasteiger partial charge on any atom is 0.375 e. The van der Waals surface area contributed by atoms with Crippen molar-refractivity contribution < 1.29 is 9.63 Å². The Hall–Kier alpha value is -1.94. The molecule has 0 fully saturated rings. The molecule has 0 radical (unpaired) electrons. The summed E-state index contributed by atoms with van der Waals surface area (Å²) in [6.45, 7) is 13.2. The van der Waals surface area contributed by atoms with Crippen molar-refractivity contribution in [1.29, 1.82) is 0 Å². The molecule has 4 heteroatoms. The van der Waals surface area contributed by atoms with E-state index in [1.807, 2.05) is 18.4 Å². The number of rotatable bonds is 3. The van der Waals surface area contributed by atoms with Crippen LogP contribution >= 0.6 is 11.3 Å². The van der Waals surface area contributed by atoms with Crippen LogP contribution in [0.1, 0.15) is 79.9 Å². The highest BCUT2D eigenvalue weighted by Gasteiger charge is 2.33. The summed E-state index contributed by atoms with van der Waals surface area (Å²) in [6, 6.07) is 8.16. The molecular formula is C22H27NO2S. The average molecular weight is 370 g/mol. The van der Waals surface area contributed by atoms with E-state index in [2.05, 4.69) is 51.9 Å². The lowest BCUT2D eigenvalue weighted by atomic mass is 9.79. The van der Waals surface area contributed by atoms with Gasteiger partial charge in [0.25, 0.3) is 0 Å². The van der Waals surface area contributed by atoms with E-state index >= 15 is 0 Å². The third kappa shape index (κ3) is 3.61. The Bertz CT molecular complexity index is 855. The van der Waals surface area contributed by atoms with Gasteiger partial charge in [-0.3, -0.25) is 0 Å². The first-order chi connectivity index (χ1) is 12.1. The minimum Gasteiger partial charge on any atom is -0.312 e. The van der Waals surface area contributed by atoms with Crippen LogP contribution in [0.3, 0.4) is 0 Å². The van der Waals surface area contributed by atoms with Gasteiger partial charge in [-0.2, -0.15) is 0 Å². The molecule has 1 aromatic carbocycles. The molecule has 0 saturated carbocycles. The number of oxime groups is 1. The molecule has 138 valence electrons. The number of carbonyl (C=O) groups excluding carboxylic acids is 1. The van der Waals surface area contributed by atoms with Crippen molar-refractivity contribution in [3.8, 4) is 0 Å². The molecule has 0 bridgehead atoms. The quantitative estimate of drug-likeness (QED) is 0.387. The SMILES string of the molecule is C/C(=N/OC(=O)c1cccs1)c1cc(C(C)(C)C)cc2c1CCC2(C)C. The van der Waals surface area contributed by atoms with Crippen LogP contribution in [0.25, 0.3) is 0 Å². The van der Waals surface area contributed by atoms with E-state index in [1.54, 1.807) is 6.07 Å². The summed E-state index contributed by atoms with van der Waals surface area (Å²) in [5, 5.41) is 6.03. The van der Waals surface area contributed by atoms with Crippen LogP contribution in [0.2, 0.25) is 0 Å². The Balaban J connectivity index is 2.00. The Morgan fingerprint density at radius 3 is 2.62 bits per heavy atom. The molecule has 1 aliphatic carbocycles. The van der Waals surface area contributed by atoms with Gasteiger partial charge >= 0.3 is 5.97 Å². The van der Waals surface area contributed by atoms with Crippen molar-refractivity contribution in [2.24, 2.45) is 5.16 Å². The summed E-state index contributed by atoms with van der Waals surface area (Å²) in [7, 11) is 0. The first-order valence-corrected chi connectivity index (χ1v) is 9.95. The van der Waals surface area contributed by atoms with E-state index in [4.69, 9.17) is 4.84 Å². The molecule has 0 saturated heterocycles. The third-order valence-electron chi connectivity index (χ3n) is 5.22. The highest BCUT2D eigenvalue weighted by Crippen LogP contribution is 2.42. The van der Waals surface area contributed by atoms with Gasteiger partial charge in [-0.1, -0.05) is 51.9 Å². The Morgan fingerprint density at radius 2 is 2.00 bits per heavy atom. The summed E-state index contributed by atoms with van der Waals surface area (Å²) >= 11 is 1.36. The fraction of sp³-hybridized carbons (Fsp3) is 0.455. The Kier molecular flexibility index (Phi) is 4.82. The highest BCUT2D eigenvalue weighted by molar-refractivity contribution is 7.11. The van der Waals surface area contributed by atoms with Crippen molar-refractivity contribution in [3.05, 3.63) is 56.8 Å². The lowest BCUT2D eigenvalue weighted by molar-refractivity contribution is 0.0522. The number of benzene rings is 1. The lowest BCUT2D eigenvalue weighted by Crippen LogP contribution is -2.18. The largest absolute Gasteiger partial charge is 0.375 e. The summed E-state index contributed by atoms with van der Waals surface area (Å²) in [5.41, 5.74) is 6.12. The molecule has 1 heterocycles. The zero-order chi connectivity index (χ0) is 19.1. The van der Waals surface area contributed by atoms with Gasteiger partial charge in [-0.15, -0.1) is 11.3 Å². The molecular weight excluding hydrogens is 342 g/mol. The second-order valence-electron chi connectivity index (χ2n) is 8.72. The Morgan fingerprint density at radius 1 is 1.27 bits per heavy atom. The van der Waals surface area contributed by atoms with E-state index in [0.717, 1.165) is 24.1 Å². The molecule has 0 amide bonds. The molecule has 1 aromatic heterocycles. The zero-order valence-corrected chi connectivity index (χ0v) is 17.3. The predicted octanol–water partition coefficient (Wildman–Crippen LogP) is 5.85. The maximum absolute atomic E-state index is 12.1. The van der Waals surface area contributed by atoms with Gasteiger partial charge in [0.05, 0.1) is 5.71 Å². The molecule has 0 aliphatic heterocycles. The minimum atomic E-state index is -0.400. The van der Waals surface area contributed by atoms with E-state index in [9.17, 15) is 4.79 Å². The molecule has 0 unspecified atom stereocenters. The number of hydrogen-bond acceptors (Lipinski definition) is 4. The van der Waals surface area contributed by atoms with Gasteiger partial charge in [0.1, 0.15) is 4.88 Å². The van der Waals surface area contributed by atoms with E-state index in [0.29, 0.717) is 4.88 Å². The molecule has 3 rings (SSSR count). The van der Waals surface area contributed by atoms with Crippen molar-refractivity contribution >= 4 is 23.0 Å². The van der Waals surface area contributed by atoms with Crippen molar-refractivity contribution in [1.82, 2.24) is 0 Å². The third-order valence-corrected chi connectivity index (χ3v) is 6.07. The maximum atomic E-state index is 12.1. The smallest absolute Gasteiger partial charge is 0.312 e. The molecule has 26 heavy (non-hydrogen) atoms. The van der Waals surface area contributed by atoms with E-state index in [-0.39, 0.29) is 10.8 Å². The van der Waals surface area contributed by atoms with Crippen LogP contribution in [0, 0.1) is 0 Å². The van der Waals surface area contributed by atoms with Crippen molar-refractivity contribution in [2.75, 3.05) is 0 Å². The summed E-state index contributed by atoms with van der Waals surface area (Å²) in [6.07, 6.45) is 2.17. The van der Waals surface area contributed by atoms with Crippen LogP contribution in [0.15, 0.2) is 34.8 Å². The minimum absolute atomic E-state index is 0.0520. The van der Waals surface area contributed by atoms with Crippen LogP contribution in [0.4, 0.5) is 0 Å². The van der Waals surface area contributed by atoms with Crippen molar-refractivity contribution in [2.45, 2.75) is 65.2 Å². The number of nitrogens with zero attached hydrogens (tertiary/aromatic N) is 1. The van der Waals surface area contributed by atoms with E-state index in [1.165, 1.54) is 28.0 Å². The van der Waals surface area contributed by atoms with Crippen LogP contribution in [-0.2, 0) is 22.1 Å². The fourth-order valence-corrected chi connectivity index (χ4v) is 4.07. The second-order valence-corrected chi connectivity index (χ2v) is 9.66. The van der Waals surface area contributed by atoms with Gasteiger partial charge in [0.15, 0.2) is 0 Å². The molecule has 0 N–H and O–H groups in total. The van der Waals surface area contributed by atoms with Crippen LogP contribution < -0.4 is 0 Å². The Labute approximate surface area is 160 Å². The van der Waals surface area contributed by atoms with E-state index < -0.39 is 5.97 Å². The molecule has 0 atom stereocenters. The number of thiophene rings is 1. The topological polar surface area (TPSA) is 38.7 Å². The molecule has 2 aromatic rings. The first kappa shape index (κ1) is 18.8. The number of hydrogen-bond donors (Lipinski definition) is 0. The summed E-state index contributed by atoms with van der Waals surface area (Å²) in [4.78, 5) is 17.9. The molecule has 3 nitrogen and oxygen atoms in total. The van der Waals surface area contributed by atoms with Crippen LogP contribution in [-0.4, -0.2) is 11.7 Å². The van der Waals surface area contributed by atoms with Gasteiger partial charge < -0.3 is 4.84 Å². The monoisotopic (exact) mass is 369 g/mol. The zero-order valence-electron chi connectivity index (χ0n) is 16.5. The second kappa shape index (κ2) is 6.66. The first-order valence-electron chi connectivity index (χ1n) is 9.07. The number of fused-ring (bicyclic) bond motifs is 1. The summed E-state index contributed by atoms with van der Waals surface area (Å²) < 4.78 is 0. The molecule has 0 spiro atoms. The lowest BCUT2D eigenvalue weighted by Gasteiger charge is -2.26. The predicted molar refractivity (Wildman–Crippen MR) is 108 cm³/mol. The van der Waals surface area contributed by atoms with Gasteiger partial charge in [-0.25, -0.2) is 4.79 Å². The highest BCUT2D eigenvalue weighted by atomic mass is 32.1.